The Morgan fingerprint density at radius 1 is 1.25 bits per heavy atom. The molecule has 0 fully saturated rings. The van der Waals surface area contributed by atoms with Crippen molar-refractivity contribution in [3.8, 4) is 0 Å². The molecule has 1 atom stereocenters. The molecule has 0 bridgehead atoms. The number of hydrogen-bond donors (Lipinski definition) is 3. The summed E-state index contributed by atoms with van der Waals surface area (Å²) in [5.41, 5.74) is 18.9. The van der Waals surface area contributed by atoms with Gasteiger partial charge in [0.1, 0.15) is 0 Å². The summed E-state index contributed by atoms with van der Waals surface area (Å²) in [6, 6.07) is 5.35. The molecule has 5 heteroatoms. The SMILES string of the molecule is Cl.NCCCC[C@@H](N)c1cc(Cl)ccc1N. The third-order valence-corrected chi connectivity index (χ3v) is 2.65. The van der Waals surface area contributed by atoms with Gasteiger partial charge in [-0.25, -0.2) is 0 Å². The lowest BCUT2D eigenvalue weighted by atomic mass is 10.0. The number of nitrogen functional groups attached to an aromatic ring is 1. The average molecular weight is 264 g/mol. The van der Waals surface area contributed by atoms with Crippen molar-refractivity contribution in [1.82, 2.24) is 0 Å². The molecule has 1 aromatic carbocycles. The summed E-state index contributed by atoms with van der Waals surface area (Å²) in [5.74, 6) is 0. The van der Waals surface area contributed by atoms with Crippen molar-refractivity contribution in [2.24, 2.45) is 11.5 Å². The van der Waals surface area contributed by atoms with Gasteiger partial charge in [-0.05, 0) is 43.1 Å². The Balaban J connectivity index is 0.00000225. The molecule has 0 unspecified atom stereocenters. The van der Waals surface area contributed by atoms with Gasteiger partial charge in [0.05, 0.1) is 0 Å². The van der Waals surface area contributed by atoms with Crippen LogP contribution in [0.1, 0.15) is 30.9 Å². The highest BCUT2D eigenvalue weighted by Gasteiger charge is 2.09. The Morgan fingerprint density at radius 2 is 1.94 bits per heavy atom. The number of rotatable bonds is 5. The maximum Gasteiger partial charge on any atom is 0.0410 e. The summed E-state index contributed by atoms with van der Waals surface area (Å²) in [6.45, 7) is 0.706. The molecule has 0 saturated heterocycles. The summed E-state index contributed by atoms with van der Waals surface area (Å²) in [6.07, 6.45) is 2.90. The first-order valence-electron chi connectivity index (χ1n) is 5.15. The second kappa shape index (κ2) is 7.74. The minimum absolute atomic E-state index is 0. The smallest absolute Gasteiger partial charge is 0.0410 e. The standard InChI is InChI=1S/C11H18ClN3.ClH/c12-8-4-5-11(15)9(7-8)10(14)3-1-2-6-13;/h4-5,7,10H,1-3,6,13-15H2;1H/t10-;/m1./s1. The Kier molecular flexibility index (Phi) is 7.51. The van der Waals surface area contributed by atoms with E-state index in [2.05, 4.69) is 0 Å². The molecule has 16 heavy (non-hydrogen) atoms. The summed E-state index contributed by atoms with van der Waals surface area (Å²) < 4.78 is 0. The van der Waals surface area contributed by atoms with E-state index < -0.39 is 0 Å². The third kappa shape index (κ3) is 4.58. The molecule has 0 aliphatic rings. The van der Waals surface area contributed by atoms with Gasteiger partial charge >= 0.3 is 0 Å². The van der Waals surface area contributed by atoms with Crippen LogP contribution >= 0.6 is 24.0 Å². The monoisotopic (exact) mass is 263 g/mol. The van der Waals surface area contributed by atoms with Crippen LogP contribution in [0.4, 0.5) is 5.69 Å². The molecule has 0 spiro atoms. The zero-order valence-electron chi connectivity index (χ0n) is 9.16. The van der Waals surface area contributed by atoms with E-state index in [0.717, 1.165) is 24.8 Å². The van der Waals surface area contributed by atoms with E-state index in [1.807, 2.05) is 6.07 Å². The first kappa shape index (κ1) is 15.5. The molecular formula is C11H19Cl2N3. The molecule has 0 heterocycles. The first-order valence-corrected chi connectivity index (χ1v) is 5.53. The minimum atomic E-state index is -0.0461. The van der Waals surface area contributed by atoms with E-state index in [1.165, 1.54) is 0 Å². The van der Waals surface area contributed by atoms with Crippen LogP contribution in [0.25, 0.3) is 0 Å². The molecule has 1 rings (SSSR count). The molecule has 0 amide bonds. The zero-order valence-corrected chi connectivity index (χ0v) is 10.7. The Bertz CT molecular complexity index is 318. The van der Waals surface area contributed by atoms with Crippen LogP contribution in [0.15, 0.2) is 18.2 Å². The molecule has 1 aromatic rings. The highest BCUT2D eigenvalue weighted by atomic mass is 35.5. The number of halogens is 2. The van der Waals surface area contributed by atoms with Gasteiger partial charge in [-0.15, -0.1) is 12.4 Å². The van der Waals surface area contributed by atoms with Gasteiger partial charge in [-0.3, -0.25) is 0 Å². The van der Waals surface area contributed by atoms with E-state index in [4.69, 9.17) is 28.8 Å². The molecule has 0 radical (unpaired) electrons. The largest absolute Gasteiger partial charge is 0.398 e. The number of hydrogen-bond acceptors (Lipinski definition) is 3. The van der Waals surface area contributed by atoms with Crippen molar-refractivity contribution < 1.29 is 0 Å². The zero-order chi connectivity index (χ0) is 11.3. The maximum atomic E-state index is 6.03. The fraction of sp³-hybridized carbons (Fsp3) is 0.455. The molecule has 0 aromatic heterocycles. The predicted molar refractivity (Wildman–Crippen MR) is 72.9 cm³/mol. The van der Waals surface area contributed by atoms with E-state index in [9.17, 15) is 0 Å². The predicted octanol–water partition coefficient (Wildman–Crippen LogP) is 2.47. The van der Waals surface area contributed by atoms with E-state index >= 15 is 0 Å². The first-order chi connectivity index (χ1) is 7.15. The van der Waals surface area contributed by atoms with Crippen LogP contribution in [-0.2, 0) is 0 Å². The quantitative estimate of drug-likeness (QED) is 0.564. The van der Waals surface area contributed by atoms with E-state index in [-0.39, 0.29) is 18.4 Å². The van der Waals surface area contributed by atoms with Crippen LogP contribution in [0.5, 0.6) is 0 Å². The van der Waals surface area contributed by atoms with Crippen molar-refractivity contribution in [2.75, 3.05) is 12.3 Å². The summed E-state index contributed by atoms with van der Waals surface area (Å²) >= 11 is 5.89. The van der Waals surface area contributed by atoms with Gasteiger partial charge < -0.3 is 17.2 Å². The number of benzene rings is 1. The highest BCUT2D eigenvalue weighted by Crippen LogP contribution is 2.25. The number of anilines is 1. The van der Waals surface area contributed by atoms with Crippen molar-refractivity contribution >= 4 is 29.7 Å². The lowest BCUT2D eigenvalue weighted by Crippen LogP contribution is -2.13. The lowest BCUT2D eigenvalue weighted by molar-refractivity contribution is 0.592. The lowest BCUT2D eigenvalue weighted by Gasteiger charge is -2.14. The third-order valence-electron chi connectivity index (χ3n) is 2.42. The topological polar surface area (TPSA) is 78.1 Å². The summed E-state index contributed by atoms with van der Waals surface area (Å²) in [7, 11) is 0. The summed E-state index contributed by atoms with van der Waals surface area (Å²) in [5, 5.41) is 0.675. The molecular weight excluding hydrogens is 245 g/mol. The van der Waals surface area contributed by atoms with Crippen molar-refractivity contribution in [1.29, 1.82) is 0 Å². The van der Waals surface area contributed by atoms with Gasteiger partial charge in [-0.1, -0.05) is 18.0 Å². The van der Waals surface area contributed by atoms with Gasteiger partial charge in [0.15, 0.2) is 0 Å². The molecule has 0 saturated carbocycles. The Hall–Kier alpha value is -0.480. The van der Waals surface area contributed by atoms with Crippen LogP contribution in [-0.4, -0.2) is 6.54 Å². The Labute approximate surface area is 108 Å². The fourth-order valence-corrected chi connectivity index (χ4v) is 1.71. The fourth-order valence-electron chi connectivity index (χ4n) is 1.53. The minimum Gasteiger partial charge on any atom is -0.398 e. The Morgan fingerprint density at radius 3 is 2.56 bits per heavy atom. The van der Waals surface area contributed by atoms with E-state index in [0.29, 0.717) is 17.3 Å². The van der Waals surface area contributed by atoms with Crippen LogP contribution < -0.4 is 17.2 Å². The molecule has 6 N–H and O–H groups in total. The van der Waals surface area contributed by atoms with Gasteiger partial charge in [0.25, 0.3) is 0 Å². The van der Waals surface area contributed by atoms with Crippen LogP contribution in [0.2, 0.25) is 5.02 Å². The molecule has 0 aliphatic carbocycles. The molecule has 0 aliphatic heterocycles. The van der Waals surface area contributed by atoms with Crippen molar-refractivity contribution in [3.63, 3.8) is 0 Å². The van der Waals surface area contributed by atoms with Gasteiger partial charge in [0, 0.05) is 16.8 Å². The normalized spacial score (nSPS) is 11.9. The van der Waals surface area contributed by atoms with Gasteiger partial charge in [0.2, 0.25) is 0 Å². The van der Waals surface area contributed by atoms with Crippen LogP contribution in [0.3, 0.4) is 0 Å². The summed E-state index contributed by atoms with van der Waals surface area (Å²) in [4.78, 5) is 0. The number of nitrogens with two attached hydrogens (primary N) is 3. The van der Waals surface area contributed by atoms with E-state index in [1.54, 1.807) is 12.1 Å². The maximum absolute atomic E-state index is 6.03. The van der Waals surface area contributed by atoms with Crippen molar-refractivity contribution in [3.05, 3.63) is 28.8 Å². The molecule has 92 valence electrons. The molecule has 3 nitrogen and oxygen atoms in total. The second-order valence-corrected chi connectivity index (χ2v) is 4.10. The second-order valence-electron chi connectivity index (χ2n) is 3.66. The highest BCUT2D eigenvalue weighted by molar-refractivity contribution is 6.30. The number of unbranched alkanes of at least 4 members (excludes halogenated alkanes) is 1. The van der Waals surface area contributed by atoms with Crippen LogP contribution in [0, 0.1) is 0 Å². The average Bonchev–Trinajstić information content (AvgIpc) is 2.22. The van der Waals surface area contributed by atoms with Gasteiger partial charge in [-0.2, -0.15) is 0 Å². The van der Waals surface area contributed by atoms with Crippen molar-refractivity contribution in [2.45, 2.75) is 25.3 Å².